The van der Waals surface area contributed by atoms with Crippen molar-refractivity contribution < 1.29 is 13.2 Å². The molecule has 1 atom stereocenters. The van der Waals surface area contributed by atoms with Crippen LogP contribution in [-0.2, 0) is 0 Å². The second-order valence-electron chi connectivity index (χ2n) is 4.74. The van der Waals surface area contributed by atoms with Crippen molar-refractivity contribution in [3.05, 3.63) is 34.3 Å². The van der Waals surface area contributed by atoms with Crippen LogP contribution in [0.2, 0.25) is 5.02 Å². The first-order valence-electron chi connectivity index (χ1n) is 6.17. The number of piperazine rings is 1. The largest absolute Gasteiger partial charge is 0.408 e. The fourth-order valence-electron chi connectivity index (χ4n) is 2.39. The van der Waals surface area contributed by atoms with Crippen LogP contribution in [0.1, 0.15) is 17.2 Å². The van der Waals surface area contributed by atoms with Crippen LogP contribution in [0.25, 0.3) is 0 Å². The van der Waals surface area contributed by atoms with Gasteiger partial charge in [-0.2, -0.15) is 13.2 Å². The Kier molecular flexibility index (Phi) is 4.38. The van der Waals surface area contributed by atoms with Crippen molar-refractivity contribution in [1.29, 1.82) is 0 Å². The molecule has 1 aliphatic heterocycles. The topological polar surface area (TPSA) is 15.3 Å². The van der Waals surface area contributed by atoms with E-state index in [1.807, 2.05) is 0 Å². The number of benzene rings is 1. The molecule has 2 rings (SSSR count). The zero-order valence-electron chi connectivity index (χ0n) is 10.6. The Labute approximate surface area is 115 Å². The van der Waals surface area contributed by atoms with Crippen molar-refractivity contribution >= 4 is 11.6 Å². The van der Waals surface area contributed by atoms with Gasteiger partial charge in [0.15, 0.2) is 0 Å². The van der Waals surface area contributed by atoms with Crippen molar-refractivity contribution in [3.63, 3.8) is 0 Å². The number of aryl methyl sites for hydroxylation is 1. The van der Waals surface area contributed by atoms with E-state index in [1.54, 1.807) is 6.92 Å². The summed E-state index contributed by atoms with van der Waals surface area (Å²) in [6.07, 6.45) is -4.28. The molecule has 1 aliphatic rings. The van der Waals surface area contributed by atoms with Crippen molar-refractivity contribution in [2.24, 2.45) is 0 Å². The Morgan fingerprint density at radius 3 is 2.42 bits per heavy atom. The third-order valence-corrected chi connectivity index (χ3v) is 3.75. The van der Waals surface area contributed by atoms with E-state index in [9.17, 15) is 13.2 Å². The van der Waals surface area contributed by atoms with E-state index >= 15 is 0 Å². The summed E-state index contributed by atoms with van der Waals surface area (Å²) in [6, 6.07) is 2.98. The monoisotopic (exact) mass is 292 g/mol. The lowest BCUT2D eigenvalue weighted by atomic mass is 10.0. The van der Waals surface area contributed by atoms with Crippen LogP contribution in [0.4, 0.5) is 13.2 Å². The van der Waals surface area contributed by atoms with Crippen LogP contribution in [0.5, 0.6) is 0 Å². The lowest BCUT2D eigenvalue weighted by Gasteiger charge is -2.36. The van der Waals surface area contributed by atoms with Gasteiger partial charge in [0.25, 0.3) is 0 Å². The van der Waals surface area contributed by atoms with Crippen molar-refractivity contribution in [2.75, 3.05) is 26.2 Å². The van der Waals surface area contributed by atoms with E-state index in [-0.39, 0.29) is 5.56 Å². The van der Waals surface area contributed by atoms with E-state index in [4.69, 9.17) is 11.6 Å². The van der Waals surface area contributed by atoms with Gasteiger partial charge in [0.1, 0.15) is 6.04 Å². The number of halogens is 4. The Balaban J connectivity index is 2.33. The predicted molar refractivity (Wildman–Crippen MR) is 69.4 cm³/mol. The van der Waals surface area contributed by atoms with Crippen molar-refractivity contribution in [3.8, 4) is 0 Å². The van der Waals surface area contributed by atoms with Gasteiger partial charge in [-0.05, 0) is 24.1 Å². The minimum absolute atomic E-state index is 0.260. The predicted octanol–water partition coefficient (Wildman–Crippen LogP) is 3.16. The maximum absolute atomic E-state index is 13.3. The van der Waals surface area contributed by atoms with Crippen LogP contribution in [0, 0.1) is 6.92 Å². The first kappa shape index (κ1) is 14.6. The Hall–Kier alpha value is -0.780. The molecule has 6 heteroatoms. The highest BCUT2D eigenvalue weighted by Gasteiger charge is 2.44. The number of hydrogen-bond donors (Lipinski definition) is 1. The molecule has 1 saturated heterocycles. The van der Waals surface area contributed by atoms with E-state index in [1.165, 1.54) is 23.1 Å². The fourth-order valence-corrected chi connectivity index (χ4v) is 2.50. The average molecular weight is 293 g/mol. The highest BCUT2D eigenvalue weighted by Crippen LogP contribution is 2.38. The molecule has 0 spiro atoms. The number of rotatable bonds is 2. The molecule has 2 nitrogen and oxygen atoms in total. The van der Waals surface area contributed by atoms with Gasteiger partial charge in [-0.3, -0.25) is 4.90 Å². The van der Waals surface area contributed by atoms with Gasteiger partial charge in [0.05, 0.1) is 0 Å². The molecule has 1 heterocycles. The average Bonchev–Trinajstić information content (AvgIpc) is 2.34. The second-order valence-corrected chi connectivity index (χ2v) is 5.15. The summed E-state index contributed by atoms with van der Waals surface area (Å²) >= 11 is 5.88. The highest BCUT2D eigenvalue weighted by molar-refractivity contribution is 6.31. The fraction of sp³-hybridized carbons (Fsp3) is 0.538. The summed E-state index contributed by atoms with van der Waals surface area (Å²) < 4.78 is 40.0. The molecule has 19 heavy (non-hydrogen) atoms. The molecular formula is C13H16ClF3N2. The quantitative estimate of drug-likeness (QED) is 0.901. The molecule has 0 bridgehead atoms. The van der Waals surface area contributed by atoms with Gasteiger partial charge in [0, 0.05) is 31.2 Å². The molecule has 1 aromatic rings. The summed E-state index contributed by atoms with van der Waals surface area (Å²) in [4.78, 5) is 1.47. The lowest BCUT2D eigenvalue weighted by Crippen LogP contribution is -2.49. The van der Waals surface area contributed by atoms with Gasteiger partial charge in [-0.15, -0.1) is 0 Å². The van der Waals surface area contributed by atoms with Crippen molar-refractivity contribution in [2.45, 2.75) is 19.1 Å². The zero-order valence-corrected chi connectivity index (χ0v) is 11.4. The molecule has 0 radical (unpaired) electrons. The smallest absolute Gasteiger partial charge is 0.314 e. The van der Waals surface area contributed by atoms with Gasteiger partial charge in [0.2, 0.25) is 0 Å². The Bertz CT molecular complexity index is 442. The maximum atomic E-state index is 13.3. The van der Waals surface area contributed by atoms with Crippen LogP contribution in [-0.4, -0.2) is 37.3 Å². The lowest BCUT2D eigenvalue weighted by molar-refractivity contribution is -0.187. The molecular weight excluding hydrogens is 277 g/mol. The molecule has 0 aromatic heterocycles. The normalized spacial score (nSPS) is 19.4. The summed E-state index contributed by atoms with van der Waals surface area (Å²) in [6.45, 7) is 3.67. The van der Waals surface area contributed by atoms with Crippen LogP contribution >= 0.6 is 11.6 Å². The van der Waals surface area contributed by atoms with E-state index in [0.29, 0.717) is 36.8 Å². The van der Waals surface area contributed by atoms with Gasteiger partial charge in [-0.1, -0.05) is 23.7 Å². The van der Waals surface area contributed by atoms with Crippen LogP contribution in [0.15, 0.2) is 18.2 Å². The SMILES string of the molecule is Cc1cc([C@H](N2CCNCC2)C(F)(F)F)ccc1Cl. The van der Waals surface area contributed by atoms with Crippen LogP contribution in [0.3, 0.4) is 0 Å². The Morgan fingerprint density at radius 1 is 1.26 bits per heavy atom. The summed E-state index contributed by atoms with van der Waals surface area (Å²) in [7, 11) is 0. The molecule has 0 aliphatic carbocycles. The van der Waals surface area contributed by atoms with Gasteiger partial charge in [-0.25, -0.2) is 0 Å². The molecule has 1 N–H and O–H groups in total. The molecule has 1 fully saturated rings. The summed E-state index contributed by atoms with van der Waals surface area (Å²) in [5.41, 5.74) is 0.930. The first-order valence-corrected chi connectivity index (χ1v) is 6.55. The first-order chi connectivity index (χ1) is 8.89. The van der Waals surface area contributed by atoms with Gasteiger partial charge >= 0.3 is 6.18 Å². The van der Waals surface area contributed by atoms with E-state index in [0.717, 1.165) is 0 Å². The zero-order chi connectivity index (χ0) is 14.0. The van der Waals surface area contributed by atoms with E-state index in [2.05, 4.69) is 5.32 Å². The highest BCUT2D eigenvalue weighted by atomic mass is 35.5. The Morgan fingerprint density at radius 2 is 1.89 bits per heavy atom. The molecule has 1 aromatic carbocycles. The minimum atomic E-state index is -4.28. The molecule has 0 unspecified atom stereocenters. The second kappa shape index (κ2) is 5.69. The molecule has 0 amide bonds. The standard InChI is InChI=1S/C13H16ClF3N2/c1-9-8-10(2-3-11(9)14)12(13(15,16)17)19-6-4-18-5-7-19/h2-3,8,12,18H,4-7H2,1H3/t12-/m0/s1. The van der Waals surface area contributed by atoms with Crippen molar-refractivity contribution in [1.82, 2.24) is 10.2 Å². The number of nitrogens with one attached hydrogen (secondary N) is 1. The minimum Gasteiger partial charge on any atom is -0.314 e. The number of alkyl halides is 3. The van der Waals surface area contributed by atoms with Gasteiger partial charge < -0.3 is 5.32 Å². The third-order valence-electron chi connectivity index (χ3n) is 3.32. The van der Waals surface area contributed by atoms with E-state index < -0.39 is 12.2 Å². The maximum Gasteiger partial charge on any atom is 0.408 e. The molecule has 106 valence electrons. The number of hydrogen-bond acceptors (Lipinski definition) is 2. The molecule has 0 saturated carbocycles. The number of nitrogens with zero attached hydrogens (tertiary/aromatic N) is 1. The third kappa shape index (κ3) is 3.41. The summed E-state index contributed by atoms with van der Waals surface area (Å²) in [5, 5.41) is 3.55. The summed E-state index contributed by atoms with van der Waals surface area (Å²) in [5.74, 6) is 0. The van der Waals surface area contributed by atoms with Crippen LogP contribution < -0.4 is 5.32 Å².